The van der Waals surface area contributed by atoms with Crippen molar-refractivity contribution < 1.29 is 35.1 Å². The largest absolute Gasteiger partial charge is 0.507 e. The number of rotatable bonds is 7. The first-order chi connectivity index (χ1) is 14.6. The highest BCUT2D eigenvalue weighted by atomic mass is 16.3. The summed E-state index contributed by atoms with van der Waals surface area (Å²) >= 11 is 0. The summed E-state index contributed by atoms with van der Waals surface area (Å²) in [6.45, 7) is 3.22. The van der Waals surface area contributed by atoms with E-state index >= 15 is 0 Å². The van der Waals surface area contributed by atoms with Gasteiger partial charge in [0.15, 0.2) is 6.29 Å². The number of benzene rings is 2. The molecular formula is C20H22N4O7. The minimum atomic E-state index is -0.921. The summed E-state index contributed by atoms with van der Waals surface area (Å²) in [4.78, 5) is 33.8. The number of phenols is 3. The topological polar surface area (TPSA) is 176 Å². The number of carbonyl (C=O) groups is 2. The fourth-order valence-corrected chi connectivity index (χ4v) is 3.26. The SMILES string of the molecule is CC(O)N(CCNC(=O)c1ccc(O)c2nc3c(C=O)c(O)cc(O)c3nc12)C(C)O. The Hall–Kier alpha value is -3.54. The molecule has 6 N–H and O–H groups in total. The number of aromatic hydroxyl groups is 3. The zero-order chi connectivity index (χ0) is 22.9. The van der Waals surface area contributed by atoms with Crippen LogP contribution in [0.4, 0.5) is 0 Å². The van der Waals surface area contributed by atoms with Crippen LogP contribution in [0.25, 0.3) is 22.1 Å². The van der Waals surface area contributed by atoms with Crippen LogP contribution in [-0.4, -0.2) is 78.1 Å². The molecule has 164 valence electrons. The van der Waals surface area contributed by atoms with Crippen LogP contribution >= 0.6 is 0 Å². The maximum absolute atomic E-state index is 12.7. The van der Waals surface area contributed by atoms with Crippen molar-refractivity contribution in [3.05, 3.63) is 29.3 Å². The van der Waals surface area contributed by atoms with E-state index in [2.05, 4.69) is 15.3 Å². The van der Waals surface area contributed by atoms with Crippen molar-refractivity contribution in [2.24, 2.45) is 0 Å². The minimum absolute atomic E-state index is 0.0225. The Morgan fingerprint density at radius 1 is 1.00 bits per heavy atom. The van der Waals surface area contributed by atoms with Crippen LogP contribution in [0.5, 0.6) is 17.2 Å². The van der Waals surface area contributed by atoms with Crippen LogP contribution < -0.4 is 5.32 Å². The van der Waals surface area contributed by atoms with E-state index in [-0.39, 0.29) is 52.0 Å². The van der Waals surface area contributed by atoms with E-state index in [0.29, 0.717) is 6.29 Å². The fraction of sp³-hybridized carbons (Fsp3) is 0.300. The number of nitrogens with zero attached hydrogens (tertiary/aromatic N) is 3. The number of fused-ring (bicyclic) bond motifs is 2. The number of carbonyl (C=O) groups excluding carboxylic acids is 2. The number of hydrogen-bond donors (Lipinski definition) is 6. The molecule has 1 heterocycles. The first-order valence-corrected chi connectivity index (χ1v) is 9.39. The third-order valence-corrected chi connectivity index (χ3v) is 4.83. The highest BCUT2D eigenvalue weighted by Gasteiger charge is 2.21. The van der Waals surface area contributed by atoms with E-state index in [1.54, 1.807) is 0 Å². The molecule has 11 nitrogen and oxygen atoms in total. The van der Waals surface area contributed by atoms with E-state index in [4.69, 9.17) is 0 Å². The molecule has 3 aromatic rings. The average molecular weight is 430 g/mol. The lowest BCUT2D eigenvalue weighted by Crippen LogP contribution is -2.44. The van der Waals surface area contributed by atoms with E-state index < -0.39 is 29.9 Å². The van der Waals surface area contributed by atoms with E-state index in [1.165, 1.54) is 30.9 Å². The van der Waals surface area contributed by atoms with Crippen LogP contribution in [0.3, 0.4) is 0 Å². The van der Waals surface area contributed by atoms with Gasteiger partial charge in [0.1, 0.15) is 51.8 Å². The van der Waals surface area contributed by atoms with Gasteiger partial charge < -0.3 is 30.8 Å². The van der Waals surface area contributed by atoms with Gasteiger partial charge in [-0.15, -0.1) is 0 Å². The molecule has 0 aliphatic heterocycles. The van der Waals surface area contributed by atoms with Gasteiger partial charge in [0, 0.05) is 19.2 Å². The molecule has 0 bridgehead atoms. The van der Waals surface area contributed by atoms with Gasteiger partial charge in [-0.25, -0.2) is 9.97 Å². The van der Waals surface area contributed by atoms with Crippen molar-refractivity contribution in [3.8, 4) is 17.2 Å². The Labute approximate surface area is 176 Å². The third kappa shape index (κ3) is 4.19. The predicted molar refractivity (Wildman–Crippen MR) is 110 cm³/mol. The van der Waals surface area contributed by atoms with Crippen LogP contribution in [0.2, 0.25) is 0 Å². The van der Waals surface area contributed by atoms with Crippen molar-refractivity contribution in [1.29, 1.82) is 0 Å². The molecule has 0 radical (unpaired) electrons. The molecule has 31 heavy (non-hydrogen) atoms. The minimum Gasteiger partial charge on any atom is -0.507 e. The van der Waals surface area contributed by atoms with E-state index in [0.717, 1.165) is 6.07 Å². The Bertz CT molecular complexity index is 1160. The first-order valence-electron chi connectivity index (χ1n) is 9.39. The van der Waals surface area contributed by atoms with Gasteiger partial charge in [0.05, 0.1) is 11.1 Å². The second kappa shape index (κ2) is 8.68. The highest BCUT2D eigenvalue weighted by Crippen LogP contribution is 2.35. The number of aliphatic hydroxyl groups excluding tert-OH is 2. The lowest BCUT2D eigenvalue weighted by Gasteiger charge is -2.27. The normalized spacial score (nSPS) is 13.5. The first kappa shape index (κ1) is 22.2. The van der Waals surface area contributed by atoms with Gasteiger partial charge in [-0.2, -0.15) is 0 Å². The van der Waals surface area contributed by atoms with Gasteiger partial charge in [-0.05, 0) is 26.0 Å². The summed E-state index contributed by atoms with van der Waals surface area (Å²) in [6, 6.07) is 3.50. The zero-order valence-electron chi connectivity index (χ0n) is 16.8. The second-order valence-electron chi connectivity index (χ2n) is 6.95. The smallest absolute Gasteiger partial charge is 0.253 e. The number of aromatic nitrogens is 2. The Morgan fingerprint density at radius 2 is 1.61 bits per heavy atom. The molecule has 2 unspecified atom stereocenters. The predicted octanol–water partition coefficient (Wildman–Crippen LogP) is 0.421. The molecule has 1 aromatic heterocycles. The van der Waals surface area contributed by atoms with Gasteiger partial charge in [0.25, 0.3) is 5.91 Å². The van der Waals surface area contributed by atoms with Crippen molar-refractivity contribution in [3.63, 3.8) is 0 Å². The standard InChI is InChI=1S/C20H22N4O7/c1-9(26)24(10(2)27)6-5-21-20(31)11-3-4-13(28)18-16(11)22-19-15(30)7-14(29)12(8-25)17(19)23-18/h3-4,7-10,26-30H,5-6H2,1-2H3,(H,21,31). The molecule has 0 aliphatic rings. The molecule has 0 aliphatic carbocycles. The molecule has 0 saturated heterocycles. The molecule has 0 spiro atoms. The number of phenolic OH excluding ortho intramolecular Hbond substituents is 3. The number of amides is 1. The molecule has 1 amide bonds. The molecule has 2 atom stereocenters. The quantitative estimate of drug-likeness (QED) is 0.175. The summed E-state index contributed by atoms with van der Waals surface area (Å²) < 4.78 is 0. The number of hydrogen-bond acceptors (Lipinski definition) is 10. The molecule has 3 rings (SSSR count). The molecular weight excluding hydrogens is 408 g/mol. The second-order valence-corrected chi connectivity index (χ2v) is 6.95. The van der Waals surface area contributed by atoms with Crippen LogP contribution in [-0.2, 0) is 0 Å². The van der Waals surface area contributed by atoms with Gasteiger partial charge >= 0.3 is 0 Å². The summed E-state index contributed by atoms with van der Waals surface area (Å²) in [5, 5.41) is 52.2. The highest BCUT2D eigenvalue weighted by molar-refractivity contribution is 6.09. The number of aldehydes is 1. The Morgan fingerprint density at radius 3 is 2.23 bits per heavy atom. The van der Waals surface area contributed by atoms with E-state index in [9.17, 15) is 35.1 Å². The van der Waals surface area contributed by atoms with Crippen molar-refractivity contribution in [2.75, 3.05) is 13.1 Å². The Balaban J connectivity index is 2.02. The van der Waals surface area contributed by atoms with Crippen LogP contribution in [0.1, 0.15) is 34.6 Å². The van der Waals surface area contributed by atoms with Gasteiger partial charge in [-0.1, -0.05) is 0 Å². The van der Waals surface area contributed by atoms with Crippen molar-refractivity contribution in [2.45, 2.75) is 26.3 Å². The summed E-state index contributed by atoms with van der Waals surface area (Å²) in [5.41, 5.74) is -0.539. The molecule has 0 fully saturated rings. The van der Waals surface area contributed by atoms with Crippen LogP contribution in [0.15, 0.2) is 18.2 Å². The zero-order valence-corrected chi connectivity index (χ0v) is 16.8. The van der Waals surface area contributed by atoms with Gasteiger partial charge in [0.2, 0.25) is 0 Å². The molecule has 0 saturated carbocycles. The summed E-state index contributed by atoms with van der Waals surface area (Å²) in [7, 11) is 0. The monoisotopic (exact) mass is 430 g/mol. The summed E-state index contributed by atoms with van der Waals surface area (Å²) in [6.07, 6.45) is -1.49. The maximum atomic E-state index is 12.7. The van der Waals surface area contributed by atoms with Gasteiger partial charge in [-0.3, -0.25) is 14.5 Å². The molecule has 2 aromatic carbocycles. The van der Waals surface area contributed by atoms with Crippen LogP contribution in [0, 0.1) is 0 Å². The molecule has 11 heteroatoms. The lowest BCUT2D eigenvalue weighted by atomic mass is 10.1. The maximum Gasteiger partial charge on any atom is 0.253 e. The number of aliphatic hydroxyl groups is 2. The third-order valence-electron chi connectivity index (χ3n) is 4.83. The number of nitrogens with one attached hydrogen (secondary N) is 1. The van der Waals surface area contributed by atoms with Crippen molar-refractivity contribution in [1.82, 2.24) is 20.2 Å². The fourth-order valence-electron chi connectivity index (χ4n) is 3.26. The van der Waals surface area contributed by atoms with Crippen molar-refractivity contribution >= 4 is 34.3 Å². The summed E-state index contributed by atoms with van der Waals surface area (Å²) in [5.74, 6) is -1.83. The lowest BCUT2D eigenvalue weighted by molar-refractivity contribution is -0.0826. The van der Waals surface area contributed by atoms with E-state index in [1.807, 2.05) is 0 Å². The Kier molecular flexibility index (Phi) is 6.20. The average Bonchev–Trinajstić information content (AvgIpc) is 2.70.